The van der Waals surface area contributed by atoms with Gasteiger partial charge in [-0.15, -0.1) is 0 Å². The molecule has 0 aliphatic heterocycles. The number of nitrogens with zero attached hydrogens (tertiary/aromatic N) is 1. The Labute approximate surface area is 89.3 Å². The summed E-state index contributed by atoms with van der Waals surface area (Å²) in [5, 5.41) is 12.2. The van der Waals surface area contributed by atoms with Crippen LogP contribution in [0.2, 0.25) is 0 Å². The number of aliphatic hydroxyl groups is 1. The van der Waals surface area contributed by atoms with E-state index in [1.165, 1.54) is 0 Å². The normalized spacial score (nSPS) is 14.4. The van der Waals surface area contributed by atoms with E-state index in [9.17, 15) is 5.11 Å². The van der Waals surface area contributed by atoms with Gasteiger partial charge in [-0.3, -0.25) is 0 Å². The smallest absolute Gasteiger partial charge is 0.214 e. The zero-order valence-corrected chi connectivity index (χ0v) is 8.97. The number of aromatic nitrogens is 1. The fraction of sp³-hybridized carbons (Fsp3) is 0.500. The van der Waals surface area contributed by atoms with Crippen LogP contribution in [0.15, 0.2) is 18.2 Å². The minimum absolute atomic E-state index is 0.307. The van der Waals surface area contributed by atoms with Crippen molar-refractivity contribution in [1.29, 1.82) is 0 Å². The Kier molecular flexibility index (Phi) is 4.33. The molecule has 4 N–H and O–H groups in total. The molecule has 0 amide bonds. The molecule has 1 heterocycles. The highest BCUT2D eigenvalue weighted by Gasteiger charge is 2.08. The first-order valence-electron chi connectivity index (χ1n) is 4.82. The minimum Gasteiger partial charge on any atom is -0.481 e. The predicted octanol–water partition coefficient (Wildman–Crippen LogP) is 0.210. The maximum atomic E-state index is 9.19. The topological polar surface area (TPSA) is 80.4 Å². The van der Waals surface area contributed by atoms with Gasteiger partial charge >= 0.3 is 0 Å². The van der Waals surface area contributed by atoms with Gasteiger partial charge in [0.15, 0.2) is 0 Å². The zero-order valence-electron chi connectivity index (χ0n) is 8.97. The van der Waals surface area contributed by atoms with E-state index in [2.05, 4.69) is 10.3 Å². The summed E-state index contributed by atoms with van der Waals surface area (Å²) in [5.41, 5.74) is 5.66. The lowest BCUT2D eigenvalue weighted by molar-refractivity contribution is 0.168. The van der Waals surface area contributed by atoms with Crippen molar-refractivity contribution in [3.8, 4) is 5.88 Å². The summed E-state index contributed by atoms with van der Waals surface area (Å²) >= 11 is 0. The van der Waals surface area contributed by atoms with Crippen molar-refractivity contribution in [1.82, 2.24) is 4.98 Å². The van der Waals surface area contributed by atoms with Gasteiger partial charge in [-0.1, -0.05) is 6.07 Å². The third-order valence-corrected chi connectivity index (χ3v) is 2.07. The number of rotatable bonds is 5. The third kappa shape index (κ3) is 3.73. The lowest BCUT2D eigenvalue weighted by atomic mass is 10.2. The number of aliphatic hydroxyl groups excluding tert-OH is 1. The van der Waals surface area contributed by atoms with Crippen molar-refractivity contribution >= 4 is 5.82 Å². The second kappa shape index (κ2) is 5.53. The molecule has 15 heavy (non-hydrogen) atoms. The van der Waals surface area contributed by atoms with Gasteiger partial charge in [-0.2, -0.15) is 4.98 Å². The number of nitrogens with one attached hydrogen (secondary N) is 1. The van der Waals surface area contributed by atoms with Crippen LogP contribution < -0.4 is 15.8 Å². The van der Waals surface area contributed by atoms with E-state index in [4.69, 9.17) is 10.5 Å². The number of hydrogen-bond acceptors (Lipinski definition) is 5. The van der Waals surface area contributed by atoms with Gasteiger partial charge in [-0.05, 0) is 13.0 Å². The van der Waals surface area contributed by atoms with Crippen LogP contribution in [0.25, 0.3) is 0 Å². The van der Waals surface area contributed by atoms with Crippen molar-refractivity contribution in [2.75, 3.05) is 19.0 Å². The van der Waals surface area contributed by atoms with Crippen LogP contribution in [0.5, 0.6) is 5.88 Å². The molecule has 5 nitrogen and oxygen atoms in total. The monoisotopic (exact) mass is 211 g/mol. The summed E-state index contributed by atoms with van der Waals surface area (Å²) in [6.07, 6.45) is -0.539. The summed E-state index contributed by atoms with van der Waals surface area (Å²) in [4.78, 5) is 4.15. The molecule has 1 aromatic rings. The Hall–Kier alpha value is -1.33. The molecule has 1 aromatic heterocycles. The first-order chi connectivity index (χ1) is 7.13. The van der Waals surface area contributed by atoms with Crippen LogP contribution >= 0.6 is 0 Å². The zero-order chi connectivity index (χ0) is 11.3. The van der Waals surface area contributed by atoms with Crippen LogP contribution in [0, 0.1) is 0 Å². The van der Waals surface area contributed by atoms with Crippen molar-refractivity contribution in [3.05, 3.63) is 18.2 Å². The number of ether oxygens (including phenoxy) is 1. The van der Waals surface area contributed by atoms with E-state index in [0.717, 1.165) is 0 Å². The summed E-state index contributed by atoms with van der Waals surface area (Å²) < 4.78 is 4.98. The molecular weight excluding hydrogens is 194 g/mol. The molecule has 5 heteroatoms. The Morgan fingerprint density at radius 3 is 2.93 bits per heavy atom. The number of methoxy groups -OCH3 is 1. The van der Waals surface area contributed by atoms with Gasteiger partial charge in [-0.25, -0.2) is 0 Å². The average Bonchev–Trinajstić information content (AvgIpc) is 2.26. The van der Waals surface area contributed by atoms with Gasteiger partial charge in [0.2, 0.25) is 5.88 Å². The third-order valence-electron chi connectivity index (χ3n) is 2.07. The van der Waals surface area contributed by atoms with E-state index in [1.807, 2.05) is 12.1 Å². The van der Waals surface area contributed by atoms with Crippen LogP contribution in [-0.4, -0.2) is 35.9 Å². The fourth-order valence-electron chi connectivity index (χ4n) is 1.02. The van der Waals surface area contributed by atoms with Crippen molar-refractivity contribution in [3.63, 3.8) is 0 Å². The first-order valence-corrected chi connectivity index (χ1v) is 4.82. The molecule has 0 spiro atoms. The minimum atomic E-state index is -0.539. The second-order valence-corrected chi connectivity index (χ2v) is 3.35. The molecule has 1 rings (SSSR count). The number of hydrogen-bond donors (Lipinski definition) is 3. The predicted molar refractivity (Wildman–Crippen MR) is 58.9 cm³/mol. The lowest BCUT2D eigenvalue weighted by Crippen LogP contribution is -2.38. The van der Waals surface area contributed by atoms with Gasteiger partial charge in [0.1, 0.15) is 5.82 Å². The number of anilines is 1. The quantitative estimate of drug-likeness (QED) is 0.648. The molecule has 0 aliphatic rings. The Morgan fingerprint density at radius 2 is 2.33 bits per heavy atom. The van der Waals surface area contributed by atoms with Crippen molar-refractivity contribution < 1.29 is 9.84 Å². The molecular formula is C10H17N3O2. The molecule has 0 aliphatic carbocycles. The Balaban J connectivity index is 2.50. The van der Waals surface area contributed by atoms with E-state index >= 15 is 0 Å². The molecule has 84 valence electrons. The summed E-state index contributed by atoms with van der Waals surface area (Å²) in [6.45, 7) is 2.13. The number of nitrogens with two attached hydrogens (primary N) is 1. The van der Waals surface area contributed by atoms with Gasteiger partial charge in [0.05, 0.1) is 13.2 Å². The van der Waals surface area contributed by atoms with E-state index in [1.54, 1.807) is 20.1 Å². The largest absolute Gasteiger partial charge is 0.481 e. The van der Waals surface area contributed by atoms with Gasteiger partial charge in [0, 0.05) is 18.7 Å². The molecule has 0 radical (unpaired) electrons. The maximum absolute atomic E-state index is 9.19. The van der Waals surface area contributed by atoms with E-state index in [0.29, 0.717) is 18.2 Å². The molecule has 0 saturated heterocycles. The summed E-state index contributed by atoms with van der Waals surface area (Å²) in [5.74, 6) is 1.23. The Morgan fingerprint density at radius 1 is 1.60 bits per heavy atom. The highest BCUT2D eigenvalue weighted by molar-refractivity contribution is 5.37. The van der Waals surface area contributed by atoms with Crippen LogP contribution in [0.3, 0.4) is 0 Å². The number of pyridine rings is 1. The highest BCUT2D eigenvalue weighted by Crippen LogP contribution is 2.10. The van der Waals surface area contributed by atoms with Gasteiger partial charge < -0.3 is 20.9 Å². The molecule has 2 unspecified atom stereocenters. The standard InChI is InChI=1S/C10H17N3O2/c1-7(14)8(11)6-12-9-4-3-5-10(13-9)15-2/h3-5,7-8,14H,6,11H2,1-2H3,(H,12,13). The van der Waals surface area contributed by atoms with Crippen LogP contribution in [0.1, 0.15) is 6.92 Å². The second-order valence-electron chi connectivity index (χ2n) is 3.35. The summed E-state index contributed by atoms with van der Waals surface area (Å²) in [6, 6.07) is 5.11. The van der Waals surface area contributed by atoms with Crippen molar-refractivity contribution in [2.24, 2.45) is 5.73 Å². The highest BCUT2D eigenvalue weighted by atomic mass is 16.5. The maximum Gasteiger partial charge on any atom is 0.214 e. The van der Waals surface area contributed by atoms with E-state index < -0.39 is 6.10 Å². The van der Waals surface area contributed by atoms with E-state index in [-0.39, 0.29) is 6.04 Å². The molecule has 2 atom stereocenters. The SMILES string of the molecule is COc1cccc(NCC(N)C(C)O)n1. The fourth-order valence-corrected chi connectivity index (χ4v) is 1.02. The molecule has 0 fully saturated rings. The first kappa shape index (κ1) is 11.7. The molecule has 0 aromatic carbocycles. The molecule has 0 bridgehead atoms. The lowest BCUT2D eigenvalue weighted by Gasteiger charge is -2.15. The molecule has 0 saturated carbocycles. The average molecular weight is 211 g/mol. The Bertz CT molecular complexity index is 304. The van der Waals surface area contributed by atoms with Crippen LogP contribution in [-0.2, 0) is 0 Å². The summed E-state index contributed by atoms with van der Waals surface area (Å²) in [7, 11) is 1.56. The van der Waals surface area contributed by atoms with Crippen molar-refractivity contribution in [2.45, 2.75) is 19.1 Å². The van der Waals surface area contributed by atoms with Gasteiger partial charge in [0.25, 0.3) is 0 Å². The van der Waals surface area contributed by atoms with Crippen LogP contribution in [0.4, 0.5) is 5.82 Å².